The number of fused-ring (bicyclic) bond motifs is 2. The molecule has 2 fully saturated rings. The average molecular weight is 364 g/mol. The smallest absolute Gasteiger partial charge is 0.336 e. The summed E-state index contributed by atoms with van der Waals surface area (Å²) in [7, 11) is 0. The van der Waals surface area contributed by atoms with Gasteiger partial charge in [-0.1, -0.05) is 19.9 Å². The number of esters is 2. The van der Waals surface area contributed by atoms with Crippen molar-refractivity contribution in [1.29, 1.82) is 0 Å². The summed E-state index contributed by atoms with van der Waals surface area (Å²) in [4.78, 5) is 24.1. The molecule has 144 valence electrons. The van der Waals surface area contributed by atoms with Crippen LogP contribution in [-0.4, -0.2) is 40.6 Å². The maximum atomic E-state index is 12.2. The molecular weight excluding hydrogens is 336 g/mol. The molecule has 0 aromatic heterocycles. The molecule has 1 aliphatic heterocycles. The Labute approximate surface area is 153 Å². The highest BCUT2D eigenvalue weighted by molar-refractivity contribution is 5.92. The van der Waals surface area contributed by atoms with Crippen LogP contribution in [0.15, 0.2) is 22.8 Å². The first-order chi connectivity index (χ1) is 12.1. The maximum absolute atomic E-state index is 12.2. The molecule has 6 nitrogen and oxygen atoms in total. The van der Waals surface area contributed by atoms with Crippen molar-refractivity contribution in [2.75, 3.05) is 6.61 Å². The standard InChI is InChI=1S/C20H28O6/c1-5-13(10-21)18(23)25-15-6-11(2)19(4)9-16-12(3)17(22)26-20(16,24)8-14(19)7-15/h5,11,14-15,21,24H,6-10H2,1-4H3/b13-5-/t11-,14+,15+,19+,20-/m0/s1. The highest BCUT2D eigenvalue weighted by Crippen LogP contribution is 2.59. The fraction of sp³-hybridized carbons (Fsp3) is 0.700. The van der Waals surface area contributed by atoms with Crippen LogP contribution in [0.5, 0.6) is 0 Å². The second kappa shape index (κ2) is 6.50. The van der Waals surface area contributed by atoms with E-state index < -0.39 is 17.7 Å². The molecule has 2 saturated carbocycles. The highest BCUT2D eigenvalue weighted by atomic mass is 16.7. The van der Waals surface area contributed by atoms with Crippen molar-refractivity contribution in [3.05, 3.63) is 22.8 Å². The van der Waals surface area contributed by atoms with Gasteiger partial charge in [0.2, 0.25) is 5.79 Å². The summed E-state index contributed by atoms with van der Waals surface area (Å²) in [6, 6.07) is 0. The summed E-state index contributed by atoms with van der Waals surface area (Å²) < 4.78 is 10.9. The largest absolute Gasteiger partial charge is 0.459 e. The summed E-state index contributed by atoms with van der Waals surface area (Å²) >= 11 is 0. The van der Waals surface area contributed by atoms with E-state index in [1.165, 1.54) is 0 Å². The lowest BCUT2D eigenvalue weighted by Crippen LogP contribution is -2.52. The van der Waals surface area contributed by atoms with E-state index in [-0.39, 0.29) is 35.5 Å². The number of carbonyl (C=O) groups is 2. The SMILES string of the molecule is C/C=C(/CO)C(=O)O[C@H]1C[C@@H]2C[C@]3(O)OC(=O)C(C)=C3C[C@]2(C)[C@@H](C)C1. The van der Waals surface area contributed by atoms with Crippen LogP contribution in [-0.2, 0) is 19.1 Å². The minimum atomic E-state index is -1.52. The van der Waals surface area contributed by atoms with E-state index in [1.54, 1.807) is 19.9 Å². The van der Waals surface area contributed by atoms with Gasteiger partial charge in [0.05, 0.1) is 12.2 Å². The quantitative estimate of drug-likeness (QED) is 0.589. The molecular formula is C20H28O6. The molecule has 6 heteroatoms. The van der Waals surface area contributed by atoms with Gasteiger partial charge in [-0.2, -0.15) is 0 Å². The number of ether oxygens (including phenoxy) is 2. The molecule has 2 aliphatic carbocycles. The second-order valence-corrected chi connectivity index (χ2v) is 8.23. The number of hydrogen-bond donors (Lipinski definition) is 2. The Bertz CT molecular complexity index is 692. The van der Waals surface area contributed by atoms with Gasteiger partial charge < -0.3 is 19.7 Å². The zero-order valence-electron chi connectivity index (χ0n) is 15.9. The summed E-state index contributed by atoms with van der Waals surface area (Å²) in [5, 5.41) is 20.1. The lowest BCUT2D eigenvalue weighted by Gasteiger charge is -2.54. The van der Waals surface area contributed by atoms with Crippen LogP contribution >= 0.6 is 0 Å². The average Bonchev–Trinajstić information content (AvgIpc) is 2.77. The Kier molecular flexibility index (Phi) is 4.78. The number of allylic oxidation sites excluding steroid dienone is 1. The van der Waals surface area contributed by atoms with Crippen molar-refractivity contribution in [1.82, 2.24) is 0 Å². The van der Waals surface area contributed by atoms with Crippen LogP contribution < -0.4 is 0 Å². The van der Waals surface area contributed by atoms with Crippen LogP contribution in [0.4, 0.5) is 0 Å². The van der Waals surface area contributed by atoms with Gasteiger partial charge in [0.15, 0.2) is 0 Å². The van der Waals surface area contributed by atoms with E-state index in [4.69, 9.17) is 9.47 Å². The Morgan fingerprint density at radius 3 is 2.73 bits per heavy atom. The first kappa shape index (κ1) is 19.1. The summed E-state index contributed by atoms with van der Waals surface area (Å²) in [5.74, 6) is -2.13. The number of rotatable bonds is 3. The van der Waals surface area contributed by atoms with Crippen LogP contribution in [0, 0.1) is 17.3 Å². The third kappa shape index (κ3) is 2.89. The zero-order valence-corrected chi connectivity index (χ0v) is 15.9. The molecule has 0 aromatic rings. The lowest BCUT2D eigenvalue weighted by atomic mass is 9.53. The molecule has 5 atom stereocenters. The number of aliphatic hydroxyl groups is 2. The molecule has 0 radical (unpaired) electrons. The van der Waals surface area contributed by atoms with Crippen molar-refractivity contribution < 1.29 is 29.3 Å². The first-order valence-corrected chi connectivity index (χ1v) is 9.27. The monoisotopic (exact) mass is 364 g/mol. The number of carbonyl (C=O) groups excluding carboxylic acids is 2. The number of hydrogen-bond acceptors (Lipinski definition) is 6. The molecule has 0 amide bonds. The van der Waals surface area contributed by atoms with Crippen molar-refractivity contribution in [3.63, 3.8) is 0 Å². The Morgan fingerprint density at radius 2 is 2.12 bits per heavy atom. The predicted molar refractivity (Wildman–Crippen MR) is 93.7 cm³/mol. The fourth-order valence-corrected chi connectivity index (χ4v) is 4.84. The van der Waals surface area contributed by atoms with E-state index in [0.717, 1.165) is 6.42 Å². The third-order valence-corrected chi connectivity index (χ3v) is 6.85. The lowest BCUT2D eigenvalue weighted by molar-refractivity contribution is -0.209. The highest BCUT2D eigenvalue weighted by Gasteiger charge is 2.58. The molecule has 3 rings (SSSR count). The van der Waals surface area contributed by atoms with Crippen LogP contribution in [0.25, 0.3) is 0 Å². The molecule has 2 N–H and O–H groups in total. The maximum Gasteiger partial charge on any atom is 0.336 e. The van der Waals surface area contributed by atoms with Crippen LogP contribution in [0.1, 0.15) is 53.4 Å². The van der Waals surface area contributed by atoms with Gasteiger partial charge in [-0.25, -0.2) is 9.59 Å². The zero-order chi connectivity index (χ0) is 19.3. The van der Waals surface area contributed by atoms with Gasteiger partial charge in [0, 0.05) is 17.6 Å². The third-order valence-electron chi connectivity index (χ3n) is 6.85. The normalized spacial score (nSPS) is 40.0. The van der Waals surface area contributed by atoms with E-state index in [0.29, 0.717) is 30.4 Å². The molecule has 26 heavy (non-hydrogen) atoms. The van der Waals surface area contributed by atoms with E-state index in [1.807, 2.05) is 0 Å². The van der Waals surface area contributed by atoms with Crippen molar-refractivity contribution >= 4 is 11.9 Å². The summed E-state index contributed by atoms with van der Waals surface area (Å²) in [6.07, 6.45) is 3.56. The van der Waals surface area contributed by atoms with Crippen molar-refractivity contribution in [2.45, 2.75) is 65.3 Å². The fourth-order valence-electron chi connectivity index (χ4n) is 4.84. The minimum Gasteiger partial charge on any atom is -0.459 e. The molecule has 0 spiro atoms. The molecule has 0 saturated heterocycles. The first-order valence-electron chi connectivity index (χ1n) is 9.27. The summed E-state index contributed by atoms with van der Waals surface area (Å²) in [6.45, 7) is 7.38. The second-order valence-electron chi connectivity index (χ2n) is 8.23. The van der Waals surface area contributed by atoms with Crippen molar-refractivity contribution in [2.24, 2.45) is 17.3 Å². The van der Waals surface area contributed by atoms with Gasteiger partial charge in [-0.05, 0) is 50.4 Å². The molecule has 0 bridgehead atoms. The molecule has 0 unspecified atom stereocenters. The molecule has 1 heterocycles. The van der Waals surface area contributed by atoms with E-state index in [2.05, 4.69) is 13.8 Å². The predicted octanol–water partition coefficient (Wildman–Crippen LogP) is 2.24. The summed E-state index contributed by atoms with van der Waals surface area (Å²) in [5.41, 5.74) is 1.40. The van der Waals surface area contributed by atoms with Gasteiger partial charge >= 0.3 is 11.9 Å². The molecule has 3 aliphatic rings. The van der Waals surface area contributed by atoms with Crippen molar-refractivity contribution in [3.8, 4) is 0 Å². The van der Waals surface area contributed by atoms with Gasteiger partial charge in [-0.3, -0.25) is 0 Å². The van der Waals surface area contributed by atoms with Gasteiger partial charge in [-0.15, -0.1) is 0 Å². The van der Waals surface area contributed by atoms with E-state index in [9.17, 15) is 19.8 Å². The minimum absolute atomic E-state index is 0.0692. The van der Waals surface area contributed by atoms with Gasteiger partial charge in [0.25, 0.3) is 0 Å². The van der Waals surface area contributed by atoms with E-state index >= 15 is 0 Å². The Balaban J connectivity index is 1.80. The Morgan fingerprint density at radius 1 is 1.42 bits per heavy atom. The Hall–Kier alpha value is -1.66. The van der Waals surface area contributed by atoms with Crippen LogP contribution in [0.2, 0.25) is 0 Å². The van der Waals surface area contributed by atoms with Gasteiger partial charge in [0.1, 0.15) is 6.10 Å². The number of aliphatic hydroxyl groups excluding tert-OH is 1. The van der Waals surface area contributed by atoms with Crippen LogP contribution in [0.3, 0.4) is 0 Å². The molecule has 0 aromatic carbocycles. The topological polar surface area (TPSA) is 93.1 Å².